The number of carbonyl (C=O) groups excluding carboxylic acids is 2. The summed E-state index contributed by atoms with van der Waals surface area (Å²) >= 11 is 0. The Morgan fingerprint density at radius 2 is 2.32 bits per heavy atom. The van der Waals surface area contributed by atoms with E-state index < -0.39 is 0 Å². The van der Waals surface area contributed by atoms with E-state index in [1.807, 2.05) is 13.1 Å². The van der Waals surface area contributed by atoms with Gasteiger partial charge in [0.25, 0.3) is 0 Å². The van der Waals surface area contributed by atoms with Gasteiger partial charge in [-0.3, -0.25) is 9.59 Å². The summed E-state index contributed by atoms with van der Waals surface area (Å²) in [4.78, 5) is 24.9. The summed E-state index contributed by atoms with van der Waals surface area (Å²) in [5.41, 5.74) is 2.15. The zero-order chi connectivity index (χ0) is 13.8. The number of ketones is 1. The number of likely N-dealkylation sites (N-methyl/N-ethyl adjacent to an activating group) is 1. The smallest absolute Gasteiger partial charge is 0.161 e. The Labute approximate surface area is 113 Å². The maximum absolute atomic E-state index is 11.8. The largest absolute Gasteiger partial charge is 0.367 e. The lowest BCUT2D eigenvalue weighted by Gasteiger charge is -2.28. The summed E-state index contributed by atoms with van der Waals surface area (Å²) < 4.78 is 0. The van der Waals surface area contributed by atoms with Crippen LogP contribution in [0.4, 0.5) is 5.69 Å². The molecule has 0 bridgehead atoms. The van der Waals surface area contributed by atoms with Crippen molar-refractivity contribution < 1.29 is 9.59 Å². The molecule has 1 atom stereocenters. The van der Waals surface area contributed by atoms with Crippen LogP contribution in [-0.2, 0) is 0 Å². The van der Waals surface area contributed by atoms with Gasteiger partial charge in [-0.2, -0.15) is 0 Å². The third kappa shape index (κ3) is 2.84. The minimum absolute atomic E-state index is 0.00816. The lowest BCUT2D eigenvalue weighted by molar-refractivity contribution is 0.101. The molecule has 1 aromatic rings. The molecular weight excluding hydrogens is 240 g/mol. The first-order valence-electron chi connectivity index (χ1n) is 6.68. The molecule has 0 saturated carbocycles. The van der Waals surface area contributed by atoms with Gasteiger partial charge in [0.05, 0.1) is 0 Å². The summed E-state index contributed by atoms with van der Waals surface area (Å²) in [6.07, 6.45) is 3.05. The second-order valence-corrected chi connectivity index (χ2v) is 5.00. The van der Waals surface area contributed by atoms with Crippen LogP contribution in [0.5, 0.6) is 0 Å². The molecule has 1 fully saturated rings. The third-order valence-electron chi connectivity index (χ3n) is 3.66. The van der Waals surface area contributed by atoms with Crippen LogP contribution >= 0.6 is 0 Å². The molecule has 1 saturated heterocycles. The molecule has 0 aromatic heterocycles. The number of anilines is 1. The van der Waals surface area contributed by atoms with E-state index in [9.17, 15) is 9.59 Å². The Bertz CT molecular complexity index is 485. The van der Waals surface area contributed by atoms with Gasteiger partial charge in [0.2, 0.25) is 0 Å². The Morgan fingerprint density at radius 3 is 2.95 bits per heavy atom. The monoisotopic (exact) mass is 260 g/mol. The van der Waals surface area contributed by atoms with Gasteiger partial charge >= 0.3 is 0 Å². The predicted octanol–water partition coefficient (Wildman–Crippen LogP) is 1.89. The first-order valence-corrected chi connectivity index (χ1v) is 6.68. The van der Waals surface area contributed by atoms with Gasteiger partial charge in [-0.1, -0.05) is 0 Å². The standard InChI is InChI=1S/C15H20N2O2/c1-11(19)14-8-12(10-18)5-6-15(14)17-7-3-4-13(17)9-16-2/h5-6,8,10,13,16H,3-4,7,9H2,1-2H3. The van der Waals surface area contributed by atoms with Crippen molar-refractivity contribution in [1.29, 1.82) is 0 Å². The number of carbonyl (C=O) groups is 2. The first kappa shape index (κ1) is 13.7. The van der Waals surface area contributed by atoms with E-state index in [2.05, 4.69) is 10.2 Å². The van der Waals surface area contributed by atoms with Crippen LogP contribution in [0.1, 0.15) is 40.5 Å². The van der Waals surface area contributed by atoms with Gasteiger partial charge in [0.15, 0.2) is 5.78 Å². The fourth-order valence-corrected chi connectivity index (χ4v) is 2.76. The van der Waals surface area contributed by atoms with Crippen molar-refractivity contribution in [3.63, 3.8) is 0 Å². The Hall–Kier alpha value is -1.68. The molecule has 0 amide bonds. The van der Waals surface area contributed by atoms with E-state index in [0.29, 0.717) is 17.2 Å². The zero-order valence-corrected chi connectivity index (χ0v) is 11.5. The molecule has 1 N–H and O–H groups in total. The van der Waals surface area contributed by atoms with Crippen molar-refractivity contribution in [2.75, 3.05) is 25.0 Å². The van der Waals surface area contributed by atoms with Crippen LogP contribution in [0.25, 0.3) is 0 Å². The third-order valence-corrected chi connectivity index (χ3v) is 3.66. The van der Waals surface area contributed by atoms with Gasteiger partial charge < -0.3 is 10.2 Å². The van der Waals surface area contributed by atoms with Crippen molar-refractivity contribution in [3.05, 3.63) is 29.3 Å². The van der Waals surface area contributed by atoms with Gasteiger partial charge in [-0.25, -0.2) is 0 Å². The van der Waals surface area contributed by atoms with E-state index >= 15 is 0 Å². The average Bonchev–Trinajstić information content (AvgIpc) is 2.86. The minimum Gasteiger partial charge on any atom is -0.367 e. The van der Waals surface area contributed by atoms with Crippen LogP contribution < -0.4 is 10.2 Å². The number of hydrogen-bond donors (Lipinski definition) is 1. The maximum Gasteiger partial charge on any atom is 0.161 e. The highest BCUT2D eigenvalue weighted by Gasteiger charge is 2.26. The summed E-state index contributed by atoms with van der Waals surface area (Å²) in [5.74, 6) is 0.00816. The number of hydrogen-bond acceptors (Lipinski definition) is 4. The SMILES string of the molecule is CNCC1CCCN1c1ccc(C=O)cc1C(C)=O. The number of nitrogens with one attached hydrogen (secondary N) is 1. The van der Waals surface area contributed by atoms with Crippen molar-refractivity contribution in [1.82, 2.24) is 5.32 Å². The summed E-state index contributed by atoms with van der Waals surface area (Å²) in [6.45, 7) is 3.43. The van der Waals surface area contributed by atoms with Gasteiger partial charge in [-0.05, 0) is 45.0 Å². The van der Waals surface area contributed by atoms with Crippen LogP contribution in [0.15, 0.2) is 18.2 Å². The highest BCUT2D eigenvalue weighted by atomic mass is 16.1. The molecule has 1 aliphatic rings. The Morgan fingerprint density at radius 1 is 1.53 bits per heavy atom. The molecule has 0 aliphatic carbocycles. The van der Waals surface area contributed by atoms with Crippen LogP contribution in [0.3, 0.4) is 0 Å². The van der Waals surface area contributed by atoms with E-state index in [1.165, 1.54) is 0 Å². The van der Waals surface area contributed by atoms with E-state index in [1.54, 1.807) is 19.1 Å². The highest BCUT2D eigenvalue weighted by Crippen LogP contribution is 2.29. The molecule has 1 heterocycles. The molecule has 0 radical (unpaired) electrons. The molecule has 1 aromatic carbocycles. The minimum atomic E-state index is 0.00816. The van der Waals surface area contributed by atoms with Crippen molar-refractivity contribution in [2.24, 2.45) is 0 Å². The van der Waals surface area contributed by atoms with Crippen LogP contribution in [0.2, 0.25) is 0 Å². The number of rotatable bonds is 5. The summed E-state index contributed by atoms with van der Waals surface area (Å²) in [6, 6.07) is 5.79. The topological polar surface area (TPSA) is 49.4 Å². The summed E-state index contributed by atoms with van der Waals surface area (Å²) in [7, 11) is 1.94. The molecule has 19 heavy (non-hydrogen) atoms. The van der Waals surface area contributed by atoms with Gasteiger partial charge in [-0.15, -0.1) is 0 Å². The maximum atomic E-state index is 11.8. The van der Waals surface area contributed by atoms with Crippen molar-refractivity contribution in [2.45, 2.75) is 25.8 Å². The van der Waals surface area contributed by atoms with E-state index in [-0.39, 0.29) is 5.78 Å². The number of benzene rings is 1. The van der Waals surface area contributed by atoms with E-state index in [4.69, 9.17) is 0 Å². The molecule has 4 nitrogen and oxygen atoms in total. The van der Waals surface area contributed by atoms with Gasteiger partial charge in [0, 0.05) is 35.9 Å². The quantitative estimate of drug-likeness (QED) is 0.649. The van der Waals surface area contributed by atoms with E-state index in [0.717, 1.165) is 37.9 Å². The van der Waals surface area contributed by atoms with Crippen molar-refractivity contribution >= 4 is 17.8 Å². The average molecular weight is 260 g/mol. The lowest BCUT2D eigenvalue weighted by Crippen LogP contribution is -2.37. The lowest BCUT2D eigenvalue weighted by atomic mass is 10.0. The fourth-order valence-electron chi connectivity index (χ4n) is 2.76. The van der Waals surface area contributed by atoms with Crippen LogP contribution in [-0.4, -0.2) is 38.2 Å². The fraction of sp³-hybridized carbons (Fsp3) is 0.467. The molecule has 4 heteroatoms. The van der Waals surface area contributed by atoms with Gasteiger partial charge in [0.1, 0.15) is 6.29 Å². The molecule has 1 unspecified atom stereocenters. The molecule has 1 aliphatic heterocycles. The predicted molar refractivity (Wildman–Crippen MR) is 76.1 cm³/mol. The second kappa shape index (κ2) is 5.97. The van der Waals surface area contributed by atoms with Crippen molar-refractivity contribution in [3.8, 4) is 0 Å². The second-order valence-electron chi connectivity index (χ2n) is 5.00. The molecule has 102 valence electrons. The Kier molecular flexibility index (Phi) is 4.32. The molecule has 0 spiro atoms. The zero-order valence-electron chi connectivity index (χ0n) is 11.5. The Balaban J connectivity index is 2.37. The summed E-state index contributed by atoms with van der Waals surface area (Å²) in [5, 5.41) is 3.20. The number of aldehydes is 1. The molecule has 2 rings (SSSR count). The molecular formula is C15H20N2O2. The first-order chi connectivity index (χ1) is 9.17. The number of nitrogens with zero attached hydrogens (tertiary/aromatic N) is 1. The number of Topliss-reactive ketones (excluding diaryl/α,β-unsaturated/α-hetero) is 1. The van der Waals surface area contributed by atoms with Crippen LogP contribution in [0, 0.1) is 0 Å². The highest BCUT2D eigenvalue weighted by molar-refractivity contribution is 6.01. The normalized spacial score (nSPS) is 18.6.